The number of nitrogens with zero attached hydrogens (tertiary/aromatic N) is 2. The number of pyridine rings is 1. The van der Waals surface area contributed by atoms with E-state index in [2.05, 4.69) is 0 Å². The van der Waals surface area contributed by atoms with Crippen molar-refractivity contribution >= 4 is 11.6 Å². The van der Waals surface area contributed by atoms with Gasteiger partial charge in [-0.15, -0.1) is 0 Å². The molecule has 0 saturated heterocycles. The van der Waals surface area contributed by atoms with E-state index >= 15 is 0 Å². The Morgan fingerprint density at radius 1 is 1.04 bits per heavy atom. The van der Waals surface area contributed by atoms with Crippen LogP contribution in [0.15, 0.2) is 71.7 Å². The Hall–Kier alpha value is -3.21. The van der Waals surface area contributed by atoms with Gasteiger partial charge in [-0.2, -0.15) is 0 Å². The van der Waals surface area contributed by atoms with Crippen LogP contribution < -0.4 is 10.5 Å². The Labute approximate surface area is 156 Å². The van der Waals surface area contributed by atoms with Crippen molar-refractivity contribution in [1.29, 1.82) is 0 Å². The van der Waals surface area contributed by atoms with Crippen molar-refractivity contribution in [2.75, 3.05) is 11.4 Å². The predicted molar refractivity (Wildman–Crippen MR) is 103 cm³/mol. The van der Waals surface area contributed by atoms with Gasteiger partial charge in [-0.05, 0) is 54.3 Å². The van der Waals surface area contributed by atoms with E-state index in [4.69, 9.17) is 0 Å². The number of hydrogen-bond donors (Lipinski definition) is 0. The Balaban J connectivity index is 1.67. The number of fused-ring (bicyclic) bond motifs is 1. The average Bonchev–Trinajstić information content (AvgIpc) is 2.69. The molecule has 1 aromatic heterocycles. The average molecular weight is 362 g/mol. The summed E-state index contributed by atoms with van der Waals surface area (Å²) in [5.41, 5.74) is 2.42. The monoisotopic (exact) mass is 362 g/mol. The van der Waals surface area contributed by atoms with E-state index in [0.717, 1.165) is 24.1 Å². The smallest absolute Gasteiger partial charge is 0.263 e. The third kappa shape index (κ3) is 3.40. The zero-order chi connectivity index (χ0) is 18.8. The molecule has 4 nitrogen and oxygen atoms in total. The third-order valence-electron chi connectivity index (χ3n) is 4.85. The van der Waals surface area contributed by atoms with Crippen molar-refractivity contribution in [2.45, 2.75) is 19.4 Å². The molecule has 0 aliphatic carbocycles. The summed E-state index contributed by atoms with van der Waals surface area (Å²) in [4.78, 5) is 27.7. The van der Waals surface area contributed by atoms with Gasteiger partial charge in [0, 0.05) is 18.4 Å². The number of aryl methyl sites for hydroxylation is 1. The first kappa shape index (κ1) is 17.2. The highest BCUT2D eigenvalue weighted by Gasteiger charge is 2.25. The molecule has 0 bridgehead atoms. The number of halogens is 1. The molecule has 0 radical (unpaired) electrons. The summed E-state index contributed by atoms with van der Waals surface area (Å²) < 4.78 is 14.9. The summed E-state index contributed by atoms with van der Waals surface area (Å²) >= 11 is 0. The largest absolute Gasteiger partial charge is 0.310 e. The minimum atomic E-state index is -0.366. The van der Waals surface area contributed by atoms with Crippen LogP contribution in [0.2, 0.25) is 0 Å². The molecule has 3 aromatic rings. The highest BCUT2D eigenvalue weighted by atomic mass is 19.1. The minimum absolute atomic E-state index is 0.130. The van der Waals surface area contributed by atoms with E-state index < -0.39 is 0 Å². The molecule has 0 saturated carbocycles. The van der Waals surface area contributed by atoms with E-state index in [9.17, 15) is 14.0 Å². The van der Waals surface area contributed by atoms with Crippen LogP contribution in [0, 0.1) is 5.82 Å². The summed E-state index contributed by atoms with van der Waals surface area (Å²) in [5.74, 6) is -0.640. The molecule has 5 heteroatoms. The molecule has 0 atom stereocenters. The molecule has 1 aliphatic rings. The molecular formula is C22H19FN2O2. The third-order valence-corrected chi connectivity index (χ3v) is 4.85. The fourth-order valence-electron chi connectivity index (χ4n) is 3.55. The Kier molecular flexibility index (Phi) is 4.59. The summed E-state index contributed by atoms with van der Waals surface area (Å²) in [5, 5.41) is 0. The van der Waals surface area contributed by atoms with E-state index in [1.165, 1.54) is 16.7 Å². The van der Waals surface area contributed by atoms with Crippen LogP contribution in [-0.4, -0.2) is 17.0 Å². The SMILES string of the molecule is O=C(c1cccn(Cc2cccc(F)c2)c1=O)N1CCCc2ccccc21. The lowest BCUT2D eigenvalue weighted by atomic mass is 10.0. The summed E-state index contributed by atoms with van der Waals surface area (Å²) in [6.07, 6.45) is 3.42. The highest BCUT2D eigenvalue weighted by Crippen LogP contribution is 2.27. The highest BCUT2D eigenvalue weighted by molar-refractivity contribution is 6.06. The summed E-state index contributed by atoms with van der Waals surface area (Å²) in [7, 11) is 0. The fraction of sp³-hybridized carbons (Fsp3) is 0.182. The van der Waals surface area contributed by atoms with Gasteiger partial charge in [0.15, 0.2) is 0 Å². The maximum absolute atomic E-state index is 13.4. The lowest BCUT2D eigenvalue weighted by Crippen LogP contribution is -2.39. The quantitative estimate of drug-likeness (QED) is 0.714. The predicted octanol–water partition coefficient (Wildman–Crippen LogP) is 3.63. The number of carbonyl (C=O) groups excluding carboxylic acids is 1. The number of amides is 1. The van der Waals surface area contributed by atoms with E-state index in [0.29, 0.717) is 12.1 Å². The van der Waals surface area contributed by atoms with Crippen LogP contribution in [0.25, 0.3) is 0 Å². The zero-order valence-corrected chi connectivity index (χ0v) is 14.8. The van der Waals surface area contributed by atoms with Gasteiger partial charge in [0.2, 0.25) is 0 Å². The summed E-state index contributed by atoms with van der Waals surface area (Å²) in [6.45, 7) is 0.808. The maximum atomic E-state index is 13.4. The van der Waals surface area contributed by atoms with Crippen LogP contribution in [-0.2, 0) is 13.0 Å². The van der Waals surface area contributed by atoms with Gasteiger partial charge in [0.05, 0.1) is 6.54 Å². The van der Waals surface area contributed by atoms with Gasteiger partial charge < -0.3 is 9.47 Å². The first-order chi connectivity index (χ1) is 13.1. The first-order valence-electron chi connectivity index (χ1n) is 8.97. The lowest BCUT2D eigenvalue weighted by Gasteiger charge is -2.29. The van der Waals surface area contributed by atoms with Crippen LogP contribution >= 0.6 is 0 Å². The molecule has 2 aromatic carbocycles. The van der Waals surface area contributed by atoms with Crippen molar-refractivity contribution in [3.63, 3.8) is 0 Å². The zero-order valence-electron chi connectivity index (χ0n) is 14.8. The van der Waals surface area contributed by atoms with Crippen LogP contribution in [0.4, 0.5) is 10.1 Å². The van der Waals surface area contributed by atoms with E-state index in [-0.39, 0.29) is 29.4 Å². The Morgan fingerprint density at radius 3 is 2.74 bits per heavy atom. The molecule has 4 rings (SSSR count). The molecule has 136 valence electrons. The number of anilines is 1. The molecule has 0 unspecified atom stereocenters. The minimum Gasteiger partial charge on any atom is -0.310 e. The second-order valence-corrected chi connectivity index (χ2v) is 6.67. The van der Waals surface area contributed by atoms with E-state index in [1.807, 2.05) is 24.3 Å². The van der Waals surface area contributed by atoms with Gasteiger partial charge in [-0.1, -0.05) is 30.3 Å². The number of benzene rings is 2. The second kappa shape index (κ2) is 7.19. The van der Waals surface area contributed by atoms with Gasteiger partial charge in [0.1, 0.15) is 11.4 Å². The molecule has 0 spiro atoms. The lowest BCUT2D eigenvalue weighted by molar-refractivity contribution is 0.0983. The van der Waals surface area contributed by atoms with Crippen molar-refractivity contribution < 1.29 is 9.18 Å². The van der Waals surface area contributed by atoms with E-state index in [1.54, 1.807) is 35.4 Å². The van der Waals surface area contributed by atoms with Gasteiger partial charge in [-0.25, -0.2) is 4.39 Å². The number of hydrogen-bond acceptors (Lipinski definition) is 2. The van der Waals surface area contributed by atoms with Crippen LogP contribution in [0.5, 0.6) is 0 Å². The topological polar surface area (TPSA) is 42.3 Å². The maximum Gasteiger partial charge on any atom is 0.263 e. The first-order valence-corrected chi connectivity index (χ1v) is 8.97. The molecule has 2 heterocycles. The molecule has 1 amide bonds. The van der Waals surface area contributed by atoms with Crippen LogP contribution in [0.1, 0.15) is 27.9 Å². The number of aromatic nitrogens is 1. The number of carbonyl (C=O) groups is 1. The Morgan fingerprint density at radius 2 is 1.89 bits per heavy atom. The Bertz CT molecular complexity index is 1060. The van der Waals surface area contributed by atoms with Crippen LogP contribution in [0.3, 0.4) is 0 Å². The van der Waals surface area contributed by atoms with Crippen molar-refractivity contribution in [2.24, 2.45) is 0 Å². The molecule has 1 aliphatic heterocycles. The van der Waals surface area contributed by atoms with Gasteiger partial charge >= 0.3 is 0 Å². The second-order valence-electron chi connectivity index (χ2n) is 6.67. The molecule has 0 N–H and O–H groups in total. The van der Waals surface area contributed by atoms with Gasteiger partial charge in [-0.3, -0.25) is 9.59 Å². The van der Waals surface area contributed by atoms with Crippen molar-refractivity contribution in [3.05, 3.63) is 99.7 Å². The normalized spacial score (nSPS) is 13.3. The van der Waals surface area contributed by atoms with Crippen molar-refractivity contribution in [1.82, 2.24) is 4.57 Å². The molecule has 27 heavy (non-hydrogen) atoms. The number of para-hydroxylation sites is 1. The molecule has 0 fully saturated rings. The summed E-state index contributed by atoms with van der Waals surface area (Å²) in [6, 6.07) is 17.2. The number of rotatable bonds is 3. The van der Waals surface area contributed by atoms with Gasteiger partial charge in [0.25, 0.3) is 11.5 Å². The standard InChI is InChI=1S/C22H19FN2O2/c23-18-9-3-6-16(14-18)15-24-12-5-10-19(21(24)26)22(27)25-13-4-8-17-7-1-2-11-20(17)25/h1-3,5-7,9-12,14H,4,8,13,15H2. The molecular weight excluding hydrogens is 343 g/mol. The fourth-order valence-corrected chi connectivity index (χ4v) is 3.55. The van der Waals surface area contributed by atoms with Crippen molar-refractivity contribution in [3.8, 4) is 0 Å².